The van der Waals surface area contributed by atoms with E-state index in [1.54, 1.807) is 4.90 Å². The lowest BCUT2D eigenvalue weighted by Gasteiger charge is -2.39. The van der Waals surface area contributed by atoms with Crippen molar-refractivity contribution < 1.29 is 29.0 Å². The summed E-state index contributed by atoms with van der Waals surface area (Å²) in [6.07, 6.45) is 0.547. The van der Waals surface area contributed by atoms with Crippen LogP contribution >= 0.6 is 11.8 Å². The van der Waals surface area contributed by atoms with Gasteiger partial charge in [0, 0.05) is 24.8 Å². The molecule has 2 amide bonds. The van der Waals surface area contributed by atoms with Gasteiger partial charge in [-0.1, -0.05) is 30.3 Å². The number of thioether (sulfide) groups is 1. The minimum atomic E-state index is -1.05. The van der Waals surface area contributed by atoms with Crippen LogP contribution < -0.4 is 0 Å². The summed E-state index contributed by atoms with van der Waals surface area (Å²) in [5, 5.41) is 9.29. The number of benzene rings is 1. The summed E-state index contributed by atoms with van der Waals surface area (Å²) in [5.74, 6) is -0.810. The Kier molecular flexibility index (Phi) is 7.35. The van der Waals surface area contributed by atoms with Gasteiger partial charge < -0.3 is 19.5 Å². The molecule has 2 aliphatic heterocycles. The van der Waals surface area contributed by atoms with E-state index in [9.17, 15) is 19.5 Å². The van der Waals surface area contributed by atoms with Gasteiger partial charge in [-0.05, 0) is 39.2 Å². The fourth-order valence-electron chi connectivity index (χ4n) is 3.84. The average Bonchev–Trinajstić information content (AvgIpc) is 3.17. The molecule has 170 valence electrons. The Labute approximate surface area is 186 Å². The highest BCUT2D eigenvalue weighted by Crippen LogP contribution is 2.38. The number of carbonyl (C=O) groups excluding carboxylic acids is 2. The fourth-order valence-corrected chi connectivity index (χ4v) is 5.41. The van der Waals surface area contributed by atoms with Gasteiger partial charge in [0.2, 0.25) is 0 Å². The quantitative estimate of drug-likeness (QED) is 0.745. The molecule has 0 spiro atoms. The van der Waals surface area contributed by atoms with Crippen molar-refractivity contribution in [1.82, 2.24) is 9.80 Å². The molecule has 1 N–H and O–H groups in total. The van der Waals surface area contributed by atoms with Gasteiger partial charge in [-0.15, -0.1) is 11.8 Å². The van der Waals surface area contributed by atoms with Crippen LogP contribution in [-0.4, -0.2) is 68.9 Å². The molecule has 2 unspecified atom stereocenters. The highest BCUT2D eigenvalue weighted by Gasteiger charge is 2.47. The predicted molar refractivity (Wildman–Crippen MR) is 117 cm³/mol. The number of ether oxygens (including phenoxy) is 2. The summed E-state index contributed by atoms with van der Waals surface area (Å²) in [5.41, 5.74) is 0.244. The molecule has 9 heteroatoms. The van der Waals surface area contributed by atoms with Gasteiger partial charge in [0.1, 0.15) is 18.2 Å². The van der Waals surface area contributed by atoms with Crippen molar-refractivity contribution in [1.29, 1.82) is 0 Å². The van der Waals surface area contributed by atoms with Crippen LogP contribution in [0.2, 0.25) is 0 Å². The fraction of sp³-hybridized carbons (Fsp3) is 0.591. The van der Waals surface area contributed by atoms with Crippen molar-refractivity contribution in [2.75, 3.05) is 18.8 Å². The van der Waals surface area contributed by atoms with E-state index >= 15 is 0 Å². The minimum Gasteiger partial charge on any atom is -0.480 e. The molecular weight excluding hydrogens is 420 g/mol. The van der Waals surface area contributed by atoms with Crippen molar-refractivity contribution in [2.45, 2.75) is 57.2 Å². The van der Waals surface area contributed by atoms with Gasteiger partial charge >= 0.3 is 18.2 Å². The second-order valence-corrected chi connectivity index (χ2v) is 10.0. The molecule has 2 aliphatic rings. The first-order chi connectivity index (χ1) is 14.7. The van der Waals surface area contributed by atoms with Crippen molar-refractivity contribution >= 4 is 29.9 Å². The number of carboxylic acid groups (broad SMARTS) is 1. The number of carbonyl (C=O) groups is 3. The number of hydrogen-bond donors (Lipinski definition) is 1. The molecule has 0 aromatic heterocycles. The Bertz CT molecular complexity index is 797. The molecule has 0 saturated carbocycles. The third-order valence-electron chi connectivity index (χ3n) is 5.25. The largest absolute Gasteiger partial charge is 0.480 e. The molecule has 2 heterocycles. The summed E-state index contributed by atoms with van der Waals surface area (Å²) < 4.78 is 10.9. The molecule has 2 saturated heterocycles. The van der Waals surface area contributed by atoms with Crippen LogP contribution in [0.25, 0.3) is 0 Å². The first-order valence-corrected chi connectivity index (χ1v) is 11.5. The van der Waals surface area contributed by atoms with Gasteiger partial charge in [0.05, 0.1) is 5.37 Å². The topological polar surface area (TPSA) is 96.4 Å². The predicted octanol–water partition coefficient (Wildman–Crippen LogP) is 3.80. The first-order valence-electron chi connectivity index (χ1n) is 10.5. The highest BCUT2D eigenvalue weighted by molar-refractivity contribution is 8.00. The van der Waals surface area contributed by atoms with E-state index in [1.165, 1.54) is 16.7 Å². The normalized spacial score (nSPS) is 24.0. The lowest BCUT2D eigenvalue weighted by atomic mass is 9.97. The third-order valence-corrected chi connectivity index (χ3v) is 6.71. The van der Waals surface area contributed by atoms with Gasteiger partial charge in [-0.3, -0.25) is 4.90 Å². The van der Waals surface area contributed by atoms with E-state index in [-0.39, 0.29) is 24.0 Å². The molecule has 0 bridgehead atoms. The van der Waals surface area contributed by atoms with E-state index in [0.29, 0.717) is 18.8 Å². The maximum atomic E-state index is 12.9. The van der Waals surface area contributed by atoms with E-state index in [2.05, 4.69) is 0 Å². The molecule has 0 radical (unpaired) electrons. The molecule has 0 aliphatic carbocycles. The van der Waals surface area contributed by atoms with E-state index in [0.717, 1.165) is 18.4 Å². The Hall–Kier alpha value is -2.42. The van der Waals surface area contributed by atoms with E-state index < -0.39 is 23.7 Å². The summed E-state index contributed by atoms with van der Waals surface area (Å²) in [7, 11) is 0. The van der Waals surface area contributed by atoms with E-state index in [1.807, 2.05) is 51.1 Å². The van der Waals surface area contributed by atoms with Crippen LogP contribution in [0.15, 0.2) is 30.3 Å². The molecule has 2 fully saturated rings. The number of hydrogen-bond acceptors (Lipinski definition) is 6. The Morgan fingerprint density at radius 2 is 1.87 bits per heavy atom. The zero-order valence-electron chi connectivity index (χ0n) is 18.2. The zero-order valence-corrected chi connectivity index (χ0v) is 19.0. The van der Waals surface area contributed by atoms with E-state index in [4.69, 9.17) is 9.47 Å². The summed E-state index contributed by atoms with van der Waals surface area (Å²) >= 11 is 1.44. The smallest absolute Gasteiger partial charge is 0.411 e. The minimum absolute atomic E-state index is 0.0557. The number of aliphatic carboxylic acids is 1. The molecule has 1 aromatic rings. The van der Waals surface area contributed by atoms with Gasteiger partial charge in [0.25, 0.3) is 0 Å². The summed E-state index contributed by atoms with van der Waals surface area (Å²) in [6.45, 7) is 6.54. The second-order valence-electron chi connectivity index (χ2n) is 8.85. The monoisotopic (exact) mass is 450 g/mol. The molecular formula is C22H30N2O6S. The third kappa shape index (κ3) is 6.06. The molecule has 1 aromatic carbocycles. The number of amides is 2. The molecule has 3 atom stereocenters. The van der Waals surface area contributed by atoms with Gasteiger partial charge in [-0.2, -0.15) is 0 Å². The Morgan fingerprint density at radius 1 is 1.16 bits per heavy atom. The maximum absolute atomic E-state index is 12.9. The molecule has 31 heavy (non-hydrogen) atoms. The van der Waals surface area contributed by atoms with Crippen molar-refractivity contribution in [3.63, 3.8) is 0 Å². The van der Waals surface area contributed by atoms with Crippen LogP contribution in [0.5, 0.6) is 0 Å². The number of carboxylic acids is 1. The Morgan fingerprint density at radius 3 is 2.52 bits per heavy atom. The van der Waals surface area contributed by atoms with Crippen molar-refractivity contribution in [2.24, 2.45) is 5.92 Å². The van der Waals surface area contributed by atoms with Crippen LogP contribution in [0.3, 0.4) is 0 Å². The molecule has 8 nitrogen and oxygen atoms in total. The lowest BCUT2D eigenvalue weighted by Crippen LogP contribution is -2.52. The van der Waals surface area contributed by atoms with Crippen LogP contribution in [0.1, 0.15) is 39.2 Å². The van der Waals surface area contributed by atoms with Crippen LogP contribution in [0, 0.1) is 5.92 Å². The first kappa shape index (κ1) is 23.2. The average molecular weight is 451 g/mol. The lowest BCUT2D eigenvalue weighted by molar-refractivity contribution is -0.142. The summed E-state index contributed by atoms with van der Waals surface area (Å²) in [6, 6.07) is 8.32. The van der Waals surface area contributed by atoms with Crippen molar-refractivity contribution in [3.8, 4) is 0 Å². The van der Waals surface area contributed by atoms with Gasteiger partial charge in [-0.25, -0.2) is 14.4 Å². The zero-order chi connectivity index (χ0) is 22.6. The highest BCUT2D eigenvalue weighted by atomic mass is 32.2. The van der Waals surface area contributed by atoms with Crippen LogP contribution in [-0.2, 0) is 20.9 Å². The number of likely N-dealkylation sites (tertiary alicyclic amines) is 1. The van der Waals surface area contributed by atoms with Crippen molar-refractivity contribution in [3.05, 3.63) is 35.9 Å². The maximum Gasteiger partial charge on any atom is 0.411 e. The number of nitrogens with zero attached hydrogens (tertiary/aromatic N) is 2. The van der Waals surface area contributed by atoms with Crippen LogP contribution in [0.4, 0.5) is 9.59 Å². The SMILES string of the molecule is CC(C)(C)OC(=O)N1CCCC([C@H]2SCC(C(=O)O)N2C(=O)OCc2ccccc2)C1. The molecule has 3 rings (SSSR count). The van der Waals surface area contributed by atoms with Gasteiger partial charge in [0.15, 0.2) is 0 Å². The number of piperidine rings is 1. The number of rotatable bonds is 4. The second kappa shape index (κ2) is 9.80. The summed E-state index contributed by atoms with van der Waals surface area (Å²) in [4.78, 5) is 40.2. The Balaban J connectivity index is 1.69. The standard InChI is InChI=1S/C22H30N2O6S/c1-22(2,3)30-20(27)23-11-7-10-16(12-23)18-24(17(14-31-18)19(25)26)21(28)29-13-15-8-5-4-6-9-15/h4-6,8-9,16-18H,7,10-14H2,1-3H3,(H,25,26)/t16?,17?,18-/m1/s1.